The lowest BCUT2D eigenvalue weighted by Gasteiger charge is -2.34. The highest BCUT2D eigenvalue weighted by atomic mass is 16.5. The average molecular weight is 321 g/mol. The Labute approximate surface area is 137 Å². The molecule has 0 atom stereocenters. The summed E-state index contributed by atoms with van der Waals surface area (Å²) in [5, 5.41) is 3.95. The molecule has 0 N–H and O–H groups in total. The third-order valence-electron chi connectivity index (χ3n) is 4.72. The Bertz CT molecular complexity index is 502. The summed E-state index contributed by atoms with van der Waals surface area (Å²) in [7, 11) is 0. The van der Waals surface area contributed by atoms with Crippen LogP contribution < -0.4 is 0 Å². The van der Waals surface area contributed by atoms with E-state index in [2.05, 4.69) is 24.8 Å². The van der Waals surface area contributed by atoms with E-state index < -0.39 is 0 Å². The largest absolute Gasteiger partial charge is 0.342 e. The summed E-state index contributed by atoms with van der Waals surface area (Å²) in [6.07, 6.45) is 4.84. The number of amides is 1. The van der Waals surface area contributed by atoms with E-state index in [4.69, 9.17) is 4.52 Å². The maximum absolute atomic E-state index is 12.4. The van der Waals surface area contributed by atoms with Crippen LogP contribution in [0.1, 0.15) is 37.4 Å². The number of aryl methyl sites for hydroxylation is 1. The first-order valence-corrected chi connectivity index (χ1v) is 8.72. The van der Waals surface area contributed by atoms with Gasteiger partial charge < -0.3 is 9.42 Å². The Kier molecular flexibility index (Phi) is 5.61. The van der Waals surface area contributed by atoms with E-state index in [1.54, 1.807) is 0 Å². The first kappa shape index (κ1) is 16.4. The van der Waals surface area contributed by atoms with Crippen LogP contribution in [0, 0.1) is 6.92 Å². The normalized spacial score (nSPS) is 21.3. The molecule has 0 bridgehead atoms. The Morgan fingerprint density at radius 1 is 1.00 bits per heavy atom. The van der Waals surface area contributed by atoms with Gasteiger partial charge >= 0.3 is 0 Å². The molecule has 2 aliphatic rings. The van der Waals surface area contributed by atoms with Gasteiger partial charge in [-0.1, -0.05) is 18.0 Å². The van der Waals surface area contributed by atoms with Gasteiger partial charge in [0.1, 0.15) is 0 Å². The maximum Gasteiger partial charge on any atom is 0.236 e. The predicted molar refractivity (Wildman–Crippen MR) is 85.8 cm³/mol. The molecule has 128 valence electrons. The number of carbonyl (C=O) groups is 1. The van der Waals surface area contributed by atoms with E-state index in [9.17, 15) is 4.79 Å². The van der Waals surface area contributed by atoms with Gasteiger partial charge in [0.25, 0.3) is 0 Å². The standard InChI is InChI=1S/C16H27N5O2/c1-14-17-15(18-23-14)12-19-8-10-20(11-9-19)13-16(22)21-6-4-2-3-5-7-21/h2-13H2,1H3. The van der Waals surface area contributed by atoms with Gasteiger partial charge in [0, 0.05) is 46.2 Å². The summed E-state index contributed by atoms with van der Waals surface area (Å²) < 4.78 is 5.01. The molecular weight excluding hydrogens is 294 g/mol. The molecule has 7 nitrogen and oxygen atoms in total. The summed E-state index contributed by atoms with van der Waals surface area (Å²) in [5.41, 5.74) is 0. The van der Waals surface area contributed by atoms with Gasteiger partial charge in [-0.05, 0) is 12.8 Å². The number of piperazine rings is 1. The minimum Gasteiger partial charge on any atom is -0.342 e. The summed E-state index contributed by atoms with van der Waals surface area (Å²) in [4.78, 5) is 23.3. The summed E-state index contributed by atoms with van der Waals surface area (Å²) >= 11 is 0. The fourth-order valence-corrected chi connectivity index (χ4v) is 3.32. The molecule has 0 saturated carbocycles. The second-order valence-corrected chi connectivity index (χ2v) is 6.58. The number of likely N-dealkylation sites (tertiary alicyclic amines) is 1. The molecule has 3 rings (SSSR count). The quantitative estimate of drug-likeness (QED) is 0.821. The highest BCUT2D eigenvalue weighted by Gasteiger charge is 2.23. The second kappa shape index (κ2) is 7.88. The molecule has 0 unspecified atom stereocenters. The number of hydrogen-bond donors (Lipinski definition) is 0. The first-order chi connectivity index (χ1) is 11.2. The molecule has 0 aliphatic carbocycles. The van der Waals surface area contributed by atoms with E-state index in [1.807, 2.05) is 6.92 Å². The first-order valence-electron chi connectivity index (χ1n) is 8.72. The van der Waals surface area contributed by atoms with Gasteiger partial charge in [0.05, 0.1) is 13.1 Å². The Hall–Kier alpha value is -1.47. The zero-order chi connectivity index (χ0) is 16.1. The Morgan fingerprint density at radius 2 is 1.65 bits per heavy atom. The number of nitrogens with zero attached hydrogens (tertiary/aromatic N) is 5. The minimum absolute atomic E-state index is 0.300. The van der Waals surface area contributed by atoms with Crippen molar-refractivity contribution in [2.45, 2.75) is 39.2 Å². The van der Waals surface area contributed by atoms with Crippen LogP contribution >= 0.6 is 0 Å². The SMILES string of the molecule is Cc1nc(CN2CCN(CC(=O)N3CCCCCC3)CC2)no1. The van der Waals surface area contributed by atoms with Crippen molar-refractivity contribution in [2.75, 3.05) is 45.8 Å². The van der Waals surface area contributed by atoms with Crippen molar-refractivity contribution in [3.05, 3.63) is 11.7 Å². The molecule has 1 aromatic heterocycles. The molecule has 7 heteroatoms. The molecule has 1 amide bonds. The second-order valence-electron chi connectivity index (χ2n) is 6.58. The van der Waals surface area contributed by atoms with Gasteiger partial charge in [0.2, 0.25) is 11.8 Å². The number of aromatic nitrogens is 2. The molecule has 23 heavy (non-hydrogen) atoms. The monoisotopic (exact) mass is 321 g/mol. The molecule has 2 aliphatic heterocycles. The predicted octanol–water partition coefficient (Wildman–Crippen LogP) is 0.898. The number of rotatable bonds is 4. The fraction of sp³-hybridized carbons (Fsp3) is 0.812. The van der Waals surface area contributed by atoms with E-state index in [-0.39, 0.29) is 0 Å². The van der Waals surface area contributed by atoms with Crippen LogP contribution in [-0.4, -0.2) is 76.6 Å². The molecule has 0 spiro atoms. The van der Waals surface area contributed by atoms with Crippen molar-refractivity contribution in [2.24, 2.45) is 0 Å². The smallest absolute Gasteiger partial charge is 0.236 e. The highest BCUT2D eigenvalue weighted by molar-refractivity contribution is 5.78. The van der Waals surface area contributed by atoms with Crippen LogP contribution in [0.4, 0.5) is 0 Å². The lowest BCUT2D eigenvalue weighted by Crippen LogP contribution is -2.50. The average Bonchev–Trinajstić information content (AvgIpc) is 2.79. The van der Waals surface area contributed by atoms with Crippen LogP contribution in [0.5, 0.6) is 0 Å². The van der Waals surface area contributed by atoms with Gasteiger partial charge in [-0.3, -0.25) is 14.6 Å². The van der Waals surface area contributed by atoms with Crippen LogP contribution in [0.15, 0.2) is 4.52 Å². The zero-order valence-corrected chi connectivity index (χ0v) is 14.0. The van der Waals surface area contributed by atoms with E-state index in [0.29, 0.717) is 18.3 Å². The zero-order valence-electron chi connectivity index (χ0n) is 14.0. The van der Waals surface area contributed by atoms with E-state index in [1.165, 1.54) is 12.8 Å². The summed E-state index contributed by atoms with van der Waals surface area (Å²) in [6.45, 7) is 8.73. The van der Waals surface area contributed by atoms with Crippen LogP contribution in [-0.2, 0) is 11.3 Å². The number of hydrogen-bond acceptors (Lipinski definition) is 6. The molecule has 3 heterocycles. The fourth-order valence-electron chi connectivity index (χ4n) is 3.32. The molecule has 1 aromatic rings. The molecule has 2 fully saturated rings. The van der Waals surface area contributed by atoms with Crippen LogP contribution in [0.3, 0.4) is 0 Å². The van der Waals surface area contributed by atoms with Gasteiger partial charge in [0.15, 0.2) is 5.82 Å². The topological polar surface area (TPSA) is 65.7 Å². The van der Waals surface area contributed by atoms with Gasteiger partial charge in [-0.15, -0.1) is 0 Å². The van der Waals surface area contributed by atoms with Crippen molar-refractivity contribution in [3.63, 3.8) is 0 Å². The van der Waals surface area contributed by atoms with Crippen molar-refractivity contribution in [1.82, 2.24) is 24.8 Å². The lowest BCUT2D eigenvalue weighted by molar-refractivity contribution is -0.132. The Morgan fingerprint density at radius 3 is 2.26 bits per heavy atom. The third-order valence-corrected chi connectivity index (χ3v) is 4.72. The minimum atomic E-state index is 0.300. The molecule has 0 aromatic carbocycles. The summed E-state index contributed by atoms with van der Waals surface area (Å²) in [6, 6.07) is 0. The van der Waals surface area contributed by atoms with Crippen molar-refractivity contribution >= 4 is 5.91 Å². The summed E-state index contributed by atoms with van der Waals surface area (Å²) in [5.74, 6) is 1.66. The highest BCUT2D eigenvalue weighted by Crippen LogP contribution is 2.11. The van der Waals surface area contributed by atoms with Gasteiger partial charge in [-0.25, -0.2) is 0 Å². The van der Waals surface area contributed by atoms with E-state index >= 15 is 0 Å². The van der Waals surface area contributed by atoms with Crippen molar-refractivity contribution < 1.29 is 9.32 Å². The molecule has 0 radical (unpaired) electrons. The molecule has 2 saturated heterocycles. The number of carbonyl (C=O) groups excluding carboxylic acids is 1. The lowest BCUT2D eigenvalue weighted by atomic mass is 10.2. The third kappa shape index (κ3) is 4.75. The Balaban J connectivity index is 1.40. The van der Waals surface area contributed by atoms with Crippen molar-refractivity contribution in [1.29, 1.82) is 0 Å². The van der Waals surface area contributed by atoms with Crippen LogP contribution in [0.2, 0.25) is 0 Å². The maximum atomic E-state index is 12.4. The van der Waals surface area contributed by atoms with Gasteiger partial charge in [-0.2, -0.15) is 4.98 Å². The van der Waals surface area contributed by atoms with Crippen molar-refractivity contribution in [3.8, 4) is 0 Å². The van der Waals surface area contributed by atoms with Crippen LogP contribution in [0.25, 0.3) is 0 Å². The molecular formula is C16H27N5O2. The van der Waals surface area contributed by atoms with E-state index in [0.717, 1.165) is 64.5 Å².